The second-order valence-corrected chi connectivity index (χ2v) is 3.95. The normalized spacial score (nSPS) is 23.3. The fourth-order valence-electron chi connectivity index (χ4n) is 2.09. The minimum atomic E-state index is 0.448. The third kappa shape index (κ3) is 1.96. The molecular formula is C14H16O. The van der Waals surface area contributed by atoms with Crippen molar-refractivity contribution >= 4 is 6.08 Å². The van der Waals surface area contributed by atoms with Gasteiger partial charge in [0.2, 0.25) is 0 Å². The summed E-state index contributed by atoms with van der Waals surface area (Å²) >= 11 is 0. The summed E-state index contributed by atoms with van der Waals surface area (Å²) in [5, 5.41) is 0. The van der Waals surface area contributed by atoms with Crippen molar-refractivity contribution in [1.29, 1.82) is 0 Å². The molecule has 0 saturated heterocycles. The summed E-state index contributed by atoms with van der Waals surface area (Å²) in [4.78, 5) is 0. The van der Waals surface area contributed by atoms with Gasteiger partial charge in [-0.15, -0.1) is 0 Å². The lowest BCUT2D eigenvalue weighted by Crippen LogP contribution is -2.17. The number of hydrogen-bond donors (Lipinski definition) is 0. The third-order valence-electron chi connectivity index (χ3n) is 3.00. The Kier molecular flexibility index (Phi) is 2.91. The van der Waals surface area contributed by atoms with Crippen LogP contribution in [-0.2, 0) is 4.74 Å². The van der Waals surface area contributed by atoms with Gasteiger partial charge in [-0.1, -0.05) is 49.9 Å². The quantitative estimate of drug-likeness (QED) is 0.677. The average molecular weight is 200 g/mol. The molecular weight excluding hydrogens is 184 g/mol. The molecule has 2 atom stereocenters. The molecule has 1 aromatic rings. The highest BCUT2D eigenvalue weighted by molar-refractivity contribution is 5.58. The molecule has 1 nitrogen and oxygen atoms in total. The number of allylic oxidation sites excluding steroid dienone is 1. The Morgan fingerprint density at radius 2 is 2.20 bits per heavy atom. The largest absolute Gasteiger partial charge is 0.501 e. The Balaban J connectivity index is 2.29. The van der Waals surface area contributed by atoms with Gasteiger partial charge < -0.3 is 4.74 Å². The van der Waals surface area contributed by atoms with Crippen molar-refractivity contribution in [3.8, 4) is 0 Å². The molecule has 0 aliphatic heterocycles. The summed E-state index contributed by atoms with van der Waals surface area (Å²) in [6.45, 7) is 6.53. The van der Waals surface area contributed by atoms with E-state index >= 15 is 0 Å². The van der Waals surface area contributed by atoms with Gasteiger partial charge in [-0.25, -0.2) is 0 Å². The van der Waals surface area contributed by atoms with Gasteiger partial charge in [-0.05, 0) is 17.0 Å². The van der Waals surface area contributed by atoms with E-state index in [0.717, 1.165) is 0 Å². The molecule has 0 fully saturated rings. The van der Waals surface area contributed by atoms with E-state index in [2.05, 4.69) is 49.9 Å². The van der Waals surface area contributed by atoms with Gasteiger partial charge in [0, 0.05) is 5.92 Å². The van der Waals surface area contributed by atoms with Crippen LogP contribution in [0.5, 0.6) is 0 Å². The molecule has 15 heavy (non-hydrogen) atoms. The summed E-state index contributed by atoms with van der Waals surface area (Å²) in [5.74, 6) is 0.976. The zero-order valence-electron chi connectivity index (χ0n) is 9.02. The van der Waals surface area contributed by atoms with E-state index in [1.165, 1.54) is 17.4 Å². The van der Waals surface area contributed by atoms with Crippen LogP contribution in [0.25, 0.3) is 6.08 Å². The topological polar surface area (TPSA) is 9.23 Å². The zero-order valence-corrected chi connectivity index (χ0v) is 9.02. The van der Waals surface area contributed by atoms with Crippen LogP contribution in [0, 0.1) is 5.92 Å². The molecule has 2 rings (SSSR count). The maximum Gasteiger partial charge on any atom is 0.0947 e. The summed E-state index contributed by atoms with van der Waals surface area (Å²) < 4.78 is 5.33. The van der Waals surface area contributed by atoms with Crippen molar-refractivity contribution in [3.05, 3.63) is 54.3 Å². The first-order valence-electron chi connectivity index (χ1n) is 5.32. The number of benzene rings is 1. The van der Waals surface area contributed by atoms with Crippen LogP contribution in [0.15, 0.2) is 43.2 Å². The van der Waals surface area contributed by atoms with Crippen LogP contribution >= 0.6 is 0 Å². The third-order valence-corrected chi connectivity index (χ3v) is 3.00. The Bertz CT molecular complexity index is 379. The molecule has 0 N–H and O–H groups in total. The second-order valence-electron chi connectivity index (χ2n) is 3.95. The molecule has 0 radical (unpaired) electrons. The van der Waals surface area contributed by atoms with Crippen LogP contribution in [0.1, 0.15) is 24.0 Å². The minimum Gasteiger partial charge on any atom is -0.501 e. The highest BCUT2D eigenvalue weighted by atomic mass is 16.5. The van der Waals surface area contributed by atoms with E-state index < -0.39 is 0 Å². The Hall–Kier alpha value is -1.50. The van der Waals surface area contributed by atoms with Crippen molar-refractivity contribution in [3.63, 3.8) is 0 Å². The maximum absolute atomic E-state index is 5.33. The Morgan fingerprint density at radius 3 is 3.00 bits per heavy atom. The van der Waals surface area contributed by atoms with Crippen molar-refractivity contribution in [2.45, 2.75) is 12.8 Å². The van der Waals surface area contributed by atoms with Crippen molar-refractivity contribution in [2.24, 2.45) is 5.92 Å². The van der Waals surface area contributed by atoms with E-state index in [1.54, 1.807) is 0 Å². The lowest BCUT2D eigenvalue weighted by Gasteiger charge is -2.26. The predicted molar refractivity (Wildman–Crippen MR) is 63.5 cm³/mol. The van der Waals surface area contributed by atoms with Gasteiger partial charge in [-0.2, -0.15) is 0 Å². The molecule has 1 aliphatic carbocycles. The van der Waals surface area contributed by atoms with E-state index in [9.17, 15) is 0 Å². The minimum absolute atomic E-state index is 0.448. The van der Waals surface area contributed by atoms with Crippen LogP contribution in [0.2, 0.25) is 0 Å². The van der Waals surface area contributed by atoms with E-state index in [4.69, 9.17) is 4.74 Å². The van der Waals surface area contributed by atoms with Gasteiger partial charge in [0.1, 0.15) is 0 Å². The van der Waals surface area contributed by atoms with Crippen LogP contribution in [0.3, 0.4) is 0 Å². The fourth-order valence-corrected chi connectivity index (χ4v) is 2.09. The SMILES string of the molecule is C=COCC1c2ccccc2C=CC1C. The highest BCUT2D eigenvalue weighted by Gasteiger charge is 2.22. The molecule has 1 aliphatic rings. The Morgan fingerprint density at radius 1 is 1.40 bits per heavy atom. The fraction of sp³-hybridized carbons (Fsp3) is 0.286. The lowest BCUT2D eigenvalue weighted by molar-refractivity contribution is 0.211. The predicted octanol–water partition coefficient (Wildman–Crippen LogP) is 3.59. The standard InChI is InChI=1S/C14H16O/c1-3-15-10-14-11(2)8-9-12-6-4-5-7-13(12)14/h3-9,11,14H,1,10H2,2H3. The maximum atomic E-state index is 5.33. The average Bonchev–Trinajstić information content (AvgIpc) is 2.28. The smallest absolute Gasteiger partial charge is 0.0947 e. The molecule has 0 aromatic heterocycles. The molecule has 2 unspecified atom stereocenters. The van der Waals surface area contributed by atoms with Gasteiger partial charge >= 0.3 is 0 Å². The molecule has 78 valence electrons. The number of fused-ring (bicyclic) bond motifs is 1. The first kappa shape index (κ1) is 10.0. The number of ether oxygens (including phenoxy) is 1. The first-order valence-corrected chi connectivity index (χ1v) is 5.32. The Labute approximate surface area is 91.1 Å². The summed E-state index contributed by atoms with van der Waals surface area (Å²) in [5.41, 5.74) is 2.70. The van der Waals surface area contributed by atoms with Crippen molar-refractivity contribution in [2.75, 3.05) is 6.61 Å². The van der Waals surface area contributed by atoms with Crippen LogP contribution in [0.4, 0.5) is 0 Å². The summed E-state index contributed by atoms with van der Waals surface area (Å²) in [6.07, 6.45) is 5.97. The second kappa shape index (κ2) is 4.35. The zero-order chi connectivity index (χ0) is 10.7. The number of hydrogen-bond acceptors (Lipinski definition) is 1. The van der Waals surface area contributed by atoms with Crippen molar-refractivity contribution in [1.82, 2.24) is 0 Å². The van der Waals surface area contributed by atoms with Gasteiger partial charge in [-0.3, -0.25) is 0 Å². The van der Waals surface area contributed by atoms with Crippen molar-refractivity contribution < 1.29 is 4.74 Å². The van der Waals surface area contributed by atoms with Gasteiger partial charge in [0.15, 0.2) is 0 Å². The molecule has 1 aromatic carbocycles. The van der Waals surface area contributed by atoms with Crippen LogP contribution in [-0.4, -0.2) is 6.61 Å². The van der Waals surface area contributed by atoms with Gasteiger partial charge in [0.05, 0.1) is 12.9 Å². The van der Waals surface area contributed by atoms with Crippen LogP contribution < -0.4 is 0 Å². The molecule has 0 heterocycles. The first-order chi connectivity index (χ1) is 7.33. The highest BCUT2D eigenvalue weighted by Crippen LogP contribution is 2.33. The lowest BCUT2D eigenvalue weighted by atomic mass is 9.81. The summed E-state index contributed by atoms with van der Waals surface area (Å²) in [7, 11) is 0. The molecule has 0 saturated carbocycles. The van der Waals surface area contributed by atoms with E-state index in [1.807, 2.05) is 0 Å². The molecule has 0 bridgehead atoms. The summed E-state index contributed by atoms with van der Waals surface area (Å²) in [6, 6.07) is 8.50. The van der Waals surface area contributed by atoms with Gasteiger partial charge in [0.25, 0.3) is 0 Å². The van der Waals surface area contributed by atoms with E-state index in [0.29, 0.717) is 18.4 Å². The molecule has 1 heteroatoms. The van der Waals surface area contributed by atoms with E-state index in [-0.39, 0.29) is 0 Å². The monoisotopic (exact) mass is 200 g/mol. The molecule has 0 amide bonds. The molecule has 0 spiro atoms. The number of rotatable bonds is 3.